The molecule has 0 fully saturated rings. The van der Waals surface area contributed by atoms with Crippen molar-refractivity contribution in [2.24, 2.45) is 0 Å². The number of hydrogen-bond acceptors (Lipinski definition) is 6. The summed E-state index contributed by atoms with van der Waals surface area (Å²) in [5.41, 5.74) is -1.25. The van der Waals surface area contributed by atoms with Gasteiger partial charge in [-0.05, 0) is 18.6 Å². The van der Waals surface area contributed by atoms with Crippen molar-refractivity contribution >= 4 is 27.5 Å². The van der Waals surface area contributed by atoms with Gasteiger partial charge in [0.25, 0.3) is 10.0 Å². The number of rotatable bonds is 6. The molecule has 3 aromatic rings. The summed E-state index contributed by atoms with van der Waals surface area (Å²) in [7, 11) is -4.44. The predicted octanol–water partition coefficient (Wildman–Crippen LogP) is 2.81. The lowest BCUT2D eigenvalue weighted by Gasteiger charge is -2.10. The molecule has 3 heterocycles. The van der Waals surface area contributed by atoms with Crippen molar-refractivity contribution in [2.75, 3.05) is 6.54 Å². The standard InChI is InChI=1S/C17H12F2N4O4S2/c18-14-10(3-5-22-17(24)25)7-23(15(14)12-2-1-4-21-16(12)19)29(26,27)13-9-28-8-11(13)6-20/h1-2,4,7-9,22H,3,5H2,(H,24,25). The second kappa shape index (κ2) is 7.98. The van der Waals surface area contributed by atoms with Crippen LogP contribution in [0.1, 0.15) is 11.1 Å². The lowest BCUT2D eigenvalue weighted by atomic mass is 10.1. The minimum atomic E-state index is -4.44. The molecule has 2 N–H and O–H groups in total. The summed E-state index contributed by atoms with van der Waals surface area (Å²) in [6, 6.07) is 4.24. The minimum Gasteiger partial charge on any atom is -0.465 e. The summed E-state index contributed by atoms with van der Waals surface area (Å²) in [6.45, 7) is -0.187. The number of pyridine rings is 1. The Hall–Kier alpha value is -3.30. The highest BCUT2D eigenvalue weighted by Gasteiger charge is 2.30. The lowest BCUT2D eigenvalue weighted by molar-refractivity contribution is 0.194. The molecule has 12 heteroatoms. The molecule has 0 atom stereocenters. The summed E-state index contributed by atoms with van der Waals surface area (Å²) in [6.07, 6.45) is 0.579. The maximum Gasteiger partial charge on any atom is 0.404 e. The maximum atomic E-state index is 15.1. The SMILES string of the molecule is N#Cc1cscc1S(=O)(=O)n1cc(CCNC(=O)O)c(F)c1-c1cccnc1F. The van der Waals surface area contributed by atoms with E-state index < -0.39 is 33.6 Å². The molecule has 8 nitrogen and oxygen atoms in total. The number of aromatic nitrogens is 2. The molecule has 0 aliphatic rings. The summed E-state index contributed by atoms with van der Waals surface area (Å²) < 4.78 is 56.2. The van der Waals surface area contributed by atoms with Crippen molar-refractivity contribution in [3.8, 4) is 17.3 Å². The van der Waals surface area contributed by atoms with Crippen LogP contribution in [0.25, 0.3) is 11.3 Å². The van der Waals surface area contributed by atoms with Gasteiger partial charge >= 0.3 is 6.09 Å². The van der Waals surface area contributed by atoms with Gasteiger partial charge < -0.3 is 10.4 Å². The van der Waals surface area contributed by atoms with Gasteiger partial charge in [0.05, 0.1) is 11.1 Å². The van der Waals surface area contributed by atoms with Gasteiger partial charge in [0.1, 0.15) is 16.7 Å². The number of thiophene rings is 1. The van der Waals surface area contributed by atoms with E-state index in [2.05, 4.69) is 4.98 Å². The van der Waals surface area contributed by atoms with Gasteiger partial charge in [0.15, 0.2) is 5.82 Å². The highest BCUT2D eigenvalue weighted by Crippen LogP contribution is 2.33. The summed E-state index contributed by atoms with van der Waals surface area (Å²) in [5, 5.41) is 22.4. The first-order valence-electron chi connectivity index (χ1n) is 7.96. The Morgan fingerprint density at radius 3 is 2.79 bits per heavy atom. The van der Waals surface area contributed by atoms with E-state index in [4.69, 9.17) is 10.4 Å². The molecule has 0 unspecified atom stereocenters. The third kappa shape index (κ3) is 3.82. The van der Waals surface area contributed by atoms with Crippen molar-refractivity contribution in [3.05, 3.63) is 58.2 Å². The molecule has 0 aliphatic heterocycles. The second-order valence-corrected chi connectivity index (χ2v) is 8.23. The van der Waals surface area contributed by atoms with E-state index in [1.165, 1.54) is 22.9 Å². The molecular formula is C17H12F2N4O4S2. The molecule has 0 saturated heterocycles. The fraction of sp³-hybridized carbons (Fsp3) is 0.118. The van der Waals surface area contributed by atoms with Gasteiger partial charge in [0, 0.05) is 35.3 Å². The third-order valence-electron chi connectivity index (χ3n) is 3.95. The first-order chi connectivity index (χ1) is 13.8. The van der Waals surface area contributed by atoms with Crippen LogP contribution in [0.3, 0.4) is 0 Å². The third-order valence-corrected chi connectivity index (χ3v) is 6.54. The minimum absolute atomic E-state index is 0.129. The number of carbonyl (C=O) groups is 1. The highest BCUT2D eigenvalue weighted by atomic mass is 32.2. The first kappa shape index (κ1) is 20.4. The van der Waals surface area contributed by atoms with Crippen LogP contribution in [0, 0.1) is 23.1 Å². The molecule has 3 rings (SSSR count). The maximum absolute atomic E-state index is 15.1. The topological polar surface area (TPSA) is 125 Å². The molecule has 0 saturated carbocycles. The number of hydrogen-bond donors (Lipinski definition) is 2. The lowest BCUT2D eigenvalue weighted by Crippen LogP contribution is -2.23. The van der Waals surface area contributed by atoms with Gasteiger partial charge in [-0.25, -0.2) is 26.6 Å². The second-order valence-electron chi connectivity index (χ2n) is 5.70. The zero-order valence-corrected chi connectivity index (χ0v) is 16.1. The molecule has 29 heavy (non-hydrogen) atoms. The highest BCUT2D eigenvalue weighted by molar-refractivity contribution is 7.90. The monoisotopic (exact) mass is 438 g/mol. The van der Waals surface area contributed by atoms with Crippen LogP contribution in [0.4, 0.5) is 13.6 Å². The summed E-state index contributed by atoms with van der Waals surface area (Å²) in [4.78, 5) is 13.7. The molecule has 0 radical (unpaired) electrons. The van der Waals surface area contributed by atoms with Crippen LogP contribution in [-0.2, 0) is 16.4 Å². The Kier molecular flexibility index (Phi) is 5.62. The Morgan fingerprint density at radius 2 is 2.14 bits per heavy atom. The molecular weight excluding hydrogens is 426 g/mol. The molecule has 0 spiro atoms. The van der Waals surface area contributed by atoms with E-state index in [1.807, 2.05) is 5.32 Å². The normalized spacial score (nSPS) is 11.2. The number of nitrogens with one attached hydrogen (secondary N) is 1. The van der Waals surface area contributed by atoms with E-state index in [0.717, 1.165) is 23.7 Å². The molecule has 1 amide bonds. The van der Waals surface area contributed by atoms with Crippen molar-refractivity contribution in [1.29, 1.82) is 5.26 Å². The molecule has 3 aromatic heterocycles. The predicted molar refractivity (Wildman–Crippen MR) is 98.9 cm³/mol. The van der Waals surface area contributed by atoms with Crippen LogP contribution in [0.2, 0.25) is 0 Å². The van der Waals surface area contributed by atoms with E-state index in [9.17, 15) is 17.6 Å². The van der Waals surface area contributed by atoms with Crippen LogP contribution < -0.4 is 5.32 Å². The Bertz CT molecular complexity index is 1230. The number of amides is 1. The van der Waals surface area contributed by atoms with Crippen LogP contribution >= 0.6 is 11.3 Å². The van der Waals surface area contributed by atoms with Gasteiger partial charge in [-0.3, -0.25) is 0 Å². The Morgan fingerprint density at radius 1 is 1.38 bits per heavy atom. The van der Waals surface area contributed by atoms with E-state index >= 15 is 4.39 Å². The van der Waals surface area contributed by atoms with Gasteiger partial charge in [-0.15, -0.1) is 11.3 Å². The van der Waals surface area contributed by atoms with Crippen LogP contribution in [-0.4, -0.2) is 35.1 Å². The van der Waals surface area contributed by atoms with Crippen LogP contribution in [0.15, 0.2) is 40.2 Å². The zero-order valence-electron chi connectivity index (χ0n) is 14.5. The summed E-state index contributed by atoms with van der Waals surface area (Å²) >= 11 is 0.975. The summed E-state index contributed by atoms with van der Waals surface area (Å²) in [5.74, 6) is -2.11. The van der Waals surface area contributed by atoms with Crippen LogP contribution in [0.5, 0.6) is 0 Å². The van der Waals surface area contributed by atoms with Crippen molar-refractivity contribution in [1.82, 2.24) is 14.3 Å². The van der Waals surface area contributed by atoms with E-state index in [0.29, 0.717) is 3.97 Å². The number of nitriles is 1. The average molecular weight is 438 g/mol. The first-order valence-corrected chi connectivity index (χ1v) is 10.3. The van der Waals surface area contributed by atoms with Crippen molar-refractivity contribution < 1.29 is 27.1 Å². The number of carboxylic acid groups (broad SMARTS) is 1. The fourth-order valence-electron chi connectivity index (χ4n) is 2.65. The molecule has 0 bridgehead atoms. The number of halogens is 2. The number of nitrogens with zero attached hydrogens (tertiary/aromatic N) is 3. The van der Waals surface area contributed by atoms with Crippen molar-refractivity contribution in [2.45, 2.75) is 11.3 Å². The average Bonchev–Trinajstić information content (AvgIpc) is 3.28. The van der Waals surface area contributed by atoms with E-state index in [1.54, 1.807) is 6.07 Å². The zero-order chi connectivity index (χ0) is 21.2. The van der Waals surface area contributed by atoms with E-state index in [-0.39, 0.29) is 34.6 Å². The van der Waals surface area contributed by atoms with Gasteiger partial charge in [-0.2, -0.15) is 9.65 Å². The van der Waals surface area contributed by atoms with Gasteiger partial charge in [0.2, 0.25) is 5.95 Å². The Labute approximate surface area is 167 Å². The smallest absolute Gasteiger partial charge is 0.404 e. The fourth-order valence-corrected chi connectivity index (χ4v) is 5.29. The van der Waals surface area contributed by atoms with Gasteiger partial charge in [-0.1, -0.05) is 0 Å². The molecule has 0 aromatic carbocycles. The van der Waals surface area contributed by atoms with Crippen molar-refractivity contribution in [3.63, 3.8) is 0 Å². The molecule has 0 aliphatic carbocycles. The quantitative estimate of drug-likeness (QED) is 0.570. The molecule has 150 valence electrons. The Balaban J connectivity index is 2.21. The largest absolute Gasteiger partial charge is 0.465 e.